The number of hydrogen-bond acceptors (Lipinski definition) is 4. The summed E-state index contributed by atoms with van der Waals surface area (Å²) in [5, 5.41) is 16.9. The Morgan fingerprint density at radius 2 is 2.14 bits per heavy atom. The van der Waals surface area contributed by atoms with Gasteiger partial charge in [-0.15, -0.1) is 0 Å². The van der Waals surface area contributed by atoms with Gasteiger partial charge in [0.15, 0.2) is 0 Å². The molecule has 22 heavy (non-hydrogen) atoms. The van der Waals surface area contributed by atoms with Crippen LogP contribution in [0, 0.1) is 5.41 Å². The third-order valence-electron chi connectivity index (χ3n) is 3.46. The second-order valence-electron chi connectivity index (χ2n) is 6.96. The van der Waals surface area contributed by atoms with Crippen LogP contribution in [0.15, 0.2) is 12.4 Å². The van der Waals surface area contributed by atoms with Crippen LogP contribution in [0.2, 0.25) is 0 Å². The van der Waals surface area contributed by atoms with E-state index in [0.717, 1.165) is 18.4 Å². The summed E-state index contributed by atoms with van der Waals surface area (Å²) in [6, 6.07) is 0. The molecule has 6 nitrogen and oxygen atoms in total. The number of amides is 1. The second-order valence-corrected chi connectivity index (χ2v) is 6.96. The van der Waals surface area contributed by atoms with Gasteiger partial charge in [-0.1, -0.05) is 13.3 Å². The van der Waals surface area contributed by atoms with Crippen molar-refractivity contribution in [3.05, 3.63) is 18.0 Å². The van der Waals surface area contributed by atoms with Gasteiger partial charge in [0.2, 0.25) is 0 Å². The summed E-state index contributed by atoms with van der Waals surface area (Å²) in [6.07, 6.45) is 5.69. The number of carbonyl (C=O) groups excluding carboxylic acids is 1. The molecule has 0 fully saturated rings. The van der Waals surface area contributed by atoms with E-state index in [1.165, 1.54) is 0 Å². The van der Waals surface area contributed by atoms with Gasteiger partial charge < -0.3 is 15.2 Å². The summed E-state index contributed by atoms with van der Waals surface area (Å²) in [4.78, 5) is 11.9. The van der Waals surface area contributed by atoms with E-state index < -0.39 is 17.1 Å². The van der Waals surface area contributed by atoms with Crippen LogP contribution < -0.4 is 5.32 Å². The first-order chi connectivity index (χ1) is 10.2. The number of rotatable bonds is 7. The summed E-state index contributed by atoms with van der Waals surface area (Å²) >= 11 is 0. The minimum Gasteiger partial charge on any atom is -0.444 e. The average Bonchev–Trinajstić information content (AvgIpc) is 2.79. The van der Waals surface area contributed by atoms with Crippen LogP contribution in [0.4, 0.5) is 4.79 Å². The molecule has 126 valence electrons. The summed E-state index contributed by atoms with van der Waals surface area (Å²) in [6.45, 7) is 7.93. The van der Waals surface area contributed by atoms with Crippen molar-refractivity contribution >= 4 is 6.09 Å². The Hall–Kier alpha value is -1.56. The smallest absolute Gasteiger partial charge is 0.407 e. The number of nitrogens with one attached hydrogen (secondary N) is 1. The molecule has 0 aliphatic rings. The second kappa shape index (κ2) is 7.63. The van der Waals surface area contributed by atoms with E-state index in [0.29, 0.717) is 13.0 Å². The van der Waals surface area contributed by atoms with Crippen LogP contribution in [0.3, 0.4) is 0 Å². The van der Waals surface area contributed by atoms with Crippen molar-refractivity contribution in [3.8, 4) is 0 Å². The van der Waals surface area contributed by atoms with E-state index in [1.807, 2.05) is 34.0 Å². The number of aromatic nitrogens is 2. The Kier molecular flexibility index (Phi) is 6.41. The van der Waals surface area contributed by atoms with Crippen molar-refractivity contribution < 1.29 is 14.6 Å². The van der Waals surface area contributed by atoms with Crippen LogP contribution in [0.1, 0.15) is 46.1 Å². The Balaban J connectivity index is 2.72. The number of hydrogen-bond donors (Lipinski definition) is 2. The molecule has 1 rings (SSSR count). The molecule has 1 atom stereocenters. The zero-order valence-electron chi connectivity index (χ0n) is 14.3. The number of ether oxygens (including phenoxy) is 1. The standard InChI is InChI=1S/C16H29N3O3/c1-6-7-16(12-20,8-13-9-18-19(5)10-13)11-17-14(21)22-15(2,3)4/h9-10,20H,6-8,11-12H2,1-5H3,(H,17,21). The lowest BCUT2D eigenvalue weighted by atomic mass is 9.79. The maximum absolute atomic E-state index is 11.9. The lowest BCUT2D eigenvalue weighted by Crippen LogP contribution is -2.43. The number of nitrogens with zero attached hydrogens (tertiary/aromatic N) is 2. The van der Waals surface area contributed by atoms with Crippen molar-refractivity contribution in [3.63, 3.8) is 0 Å². The molecule has 1 aromatic rings. The monoisotopic (exact) mass is 311 g/mol. The van der Waals surface area contributed by atoms with Gasteiger partial charge in [0.05, 0.1) is 12.8 Å². The zero-order chi connectivity index (χ0) is 16.8. The van der Waals surface area contributed by atoms with E-state index in [9.17, 15) is 9.90 Å². The Morgan fingerprint density at radius 1 is 1.45 bits per heavy atom. The highest BCUT2D eigenvalue weighted by Gasteiger charge is 2.31. The fourth-order valence-electron chi connectivity index (χ4n) is 2.53. The molecular weight excluding hydrogens is 282 g/mol. The first-order valence-corrected chi connectivity index (χ1v) is 7.75. The predicted molar refractivity (Wildman–Crippen MR) is 85.6 cm³/mol. The highest BCUT2D eigenvalue weighted by atomic mass is 16.6. The quantitative estimate of drug-likeness (QED) is 0.810. The van der Waals surface area contributed by atoms with E-state index in [1.54, 1.807) is 10.9 Å². The van der Waals surface area contributed by atoms with E-state index in [-0.39, 0.29) is 6.61 Å². The first kappa shape index (κ1) is 18.5. The molecule has 1 heterocycles. The molecule has 0 saturated heterocycles. The van der Waals surface area contributed by atoms with Gasteiger partial charge in [-0.3, -0.25) is 4.68 Å². The molecular formula is C16H29N3O3. The Bertz CT molecular complexity index is 479. The zero-order valence-corrected chi connectivity index (χ0v) is 14.3. The molecule has 6 heteroatoms. The summed E-state index contributed by atoms with van der Waals surface area (Å²) in [5.41, 5.74) is 0.130. The van der Waals surface area contributed by atoms with Crippen LogP contribution in [-0.4, -0.2) is 39.7 Å². The Labute approximate surface area is 132 Å². The molecule has 0 radical (unpaired) electrons. The molecule has 1 unspecified atom stereocenters. The molecule has 1 amide bonds. The topological polar surface area (TPSA) is 76.4 Å². The van der Waals surface area contributed by atoms with Crippen LogP contribution in [0.25, 0.3) is 0 Å². The lowest BCUT2D eigenvalue weighted by Gasteiger charge is -2.32. The Morgan fingerprint density at radius 3 is 2.59 bits per heavy atom. The third-order valence-corrected chi connectivity index (χ3v) is 3.46. The van der Waals surface area contributed by atoms with Crippen molar-refractivity contribution in [1.82, 2.24) is 15.1 Å². The highest BCUT2D eigenvalue weighted by molar-refractivity contribution is 5.67. The minimum absolute atomic E-state index is 0.00549. The minimum atomic E-state index is -0.528. The predicted octanol–water partition coefficient (Wildman–Crippen LogP) is 2.27. The van der Waals surface area contributed by atoms with E-state index in [2.05, 4.69) is 17.3 Å². The number of aryl methyl sites for hydroxylation is 1. The number of aliphatic hydroxyl groups is 1. The molecule has 0 aliphatic heterocycles. The maximum Gasteiger partial charge on any atom is 0.407 e. The van der Waals surface area contributed by atoms with Crippen LogP contribution >= 0.6 is 0 Å². The molecule has 0 aromatic carbocycles. The third kappa shape index (κ3) is 6.05. The van der Waals surface area contributed by atoms with Gasteiger partial charge in [0.25, 0.3) is 0 Å². The van der Waals surface area contributed by atoms with E-state index >= 15 is 0 Å². The molecule has 2 N–H and O–H groups in total. The summed E-state index contributed by atoms with van der Waals surface area (Å²) < 4.78 is 7.00. The largest absolute Gasteiger partial charge is 0.444 e. The normalized spacial score (nSPS) is 14.5. The summed E-state index contributed by atoms with van der Waals surface area (Å²) in [7, 11) is 1.86. The first-order valence-electron chi connectivity index (χ1n) is 7.75. The van der Waals surface area contributed by atoms with Gasteiger partial charge in [-0.25, -0.2) is 4.79 Å². The lowest BCUT2D eigenvalue weighted by molar-refractivity contribution is 0.0455. The SMILES string of the molecule is CCCC(CO)(CNC(=O)OC(C)(C)C)Cc1cnn(C)c1. The maximum atomic E-state index is 11.9. The van der Waals surface area contributed by atoms with Gasteiger partial charge in [0.1, 0.15) is 5.60 Å². The molecule has 0 spiro atoms. The highest BCUT2D eigenvalue weighted by Crippen LogP contribution is 2.28. The van der Waals surface area contributed by atoms with Gasteiger partial charge in [-0.2, -0.15) is 5.10 Å². The van der Waals surface area contributed by atoms with Crippen molar-refractivity contribution in [2.24, 2.45) is 12.5 Å². The molecule has 0 aliphatic carbocycles. The molecule has 0 bridgehead atoms. The molecule has 0 saturated carbocycles. The van der Waals surface area contributed by atoms with Crippen LogP contribution in [-0.2, 0) is 18.2 Å². The van der Waals surface area contributed by atoms with E-state index in [4.69, 9.17) is 4.74 Å². The number of aliphatic hydroxyl groups excluding tert-OH is 1. The molecule has 1 aromatic heterocycles. The number of alkyl carbamates (subject to hydrolysis) is 1. The fourth-order valence-corrected chi connectivity index (χ4v) is 2.53. The van der Waals surface area contributed by atoms with Crippen molar-refractivity contribution in [1.29, 1.82) is 0 Å². The van der Waals surface area contributed by atoms with Crippen molar-refractivity contribution in [2.45, 2.75) is 52.6 Å². The van der Waals surface area contributed by atoms with Crippen LogP contribution in [0.5, 0.6) is 0 Å². The summed E-state index contributed by atoms with van der Waals surface area (Å²) in [5.74, 6) is 0. The fraction of sp³-hybridized carbons (Fsp3) is 0.750. The van der Waals surface area contributed by atoms with Gasteiger partial charge in [0, 0.05) is 25.2 Å². The average molecular weight is 311 g/mol. The van der Waals surface area contributed by atoms with Gasteiger partial charge >= 0.3 is 6.09 Å². The number of carbonyl (C=O) groups is 1. The van der Waals surface area contributed by atoms with Gasteiger partial charge in [-0.05, 0) is 39.2 Å². The van der Waals surface area contributed by atoms with Crippen molar-refractivity contribution in [2.75, 3.05) is 13.2 Å².